The van der Waals surface area contributed by atoms with Crippen LogP contribution in [0.3, 0.4) is 0 Å². The summed E-state index contributed by atoms with van der Waals surface area (Å²) in [7, 11) is -1.44. The summed E-state index contributed by atoms with van der Waals surface area (Å²) in [6.45, 7) is 14.8. The molecule has 0 atom stereocenters. The number of hydrogen-bond acceptors (Lipinski definition) is 0. The molecule has 0 spiro atoms. The largest absolute Gasteiger partial charge is 1.00 e. The molecule has 0 saturated carbocycles. The second-order valence-corrected chi connectivity index (χ2v) is 22.5. The molecule has 0 heterocycles. The van der Waals surface area contributed by atoms with E-state index in [1.54, 1.807) is 0 Å². The average Bonchev–Trinajstić information content (AvgIpc) is 1.25. The van der Waals surface area contributed by atoms with E-state index in [1.165, 1.54) is 0 Å². The van der Waals surface area contributed by atoms with E-state index >= 15 is 0 Å². The smallest absolute Gasteiger partial charge is 0.0715 e. The second-order valence-electron chi connectivity index (χ2n) is 4.50. The van der Waals surface area contributed by atoms with E-state index in [4.69, 9.17) is 0 Å². The molecule has 0 rings (SSSR count). The minimum Gasteiger partial charge on any atom is -0.0715 e. The van der Waals surface area contributed by atoms with Crippen LogP contribution in [0.25, 0.3) is 0 Å². The zero-order valence-electron chi connectivity index (χ0n) is 8.00. The van der Waals surface area contributed by atoms with Gasteiger partial charge in [0.1, 0.15) is 0 Å². The third kappa shape index (κ3) is 4.79. The van der Waals surface area contributed by atoms with Crippen molar-refractivity contribution in [1.29, 1.82) is 0 Å². The van der Waals surface area contributed by atoms with E-state index in [-0.39, 0.29) is 29.6 Å². The second kappa shape index (κ2) is 3.72. The predicted octanol–water partition coefficient (Wildman–Crippen LogP) is -0.255. The van der Waals surface area contributed by atoms with Crippen LogP contribution in [0.5, 0.6) is 0 Å². The van der Waals surface area contributed by atoms with Crippen LogP contribution >= 0.6 is 0 Å². The molecule has 0 bridgehead atoms. The summed E-state index contributed by atoms with van der Waals surface area (Å²) in [6, 6.07) is 0. The maximum atomic E-state index is 2.47. The van der Waals surface area contributed by atoms with Gasteiger partial charge in [0, 0.05) is 15.2 Å². The quantitative estimate of drug-likeness (QED) is 0.475. The van der Waals surface area contributed by atoms with Crippen molar-refractivity contribution in [3.8, 4) is 0 Å². The van der Waals surface area contributed by atoms with Crippen LogP contribution in [0.1, 0.15) is 0 Å². The molecule has 0 aliphatic carbocycles. The molecule has 0 amide bonds. The van der Waals surface area contributed by atoms with Gasteiger partial charge in [-0.3, -0.25) is 0 Å². The van der Waals surface area contributed by atoms with Crippen molar-refractivity contribution >= 4 is 15.2 Å². The topological polar surface area (TPSA) is 0 Å². The van der Waals surface area contributed by atoms with Gasteiger partial charge in [0.05, 0.1) is 0 Å². The first-order valence-corrected chi connectivity index (χ1v) is 11.2. The van der Waals surface area contributed by atoms with Gasteiger partial charge in [-0.05, 0) is 0 Å². The van der Waals surface area contributed by atoms with Crippen molar-refractivity contribution in [3.63, 3.8) is 0 Å². The van der Waals surface area contributed by atoms with E-state index in [1.807, 2.05) is 0 Å². The minimum atomic E-state index is -0.720. The van der Waals surface area contributed by atoms with Gasteiger partial charge in [-0.15, -0.1) is 0 Å². The van der Waals surface area contributed by atoms with Crippen LogP contribution in [0.2, 0.25) is 39.3 Å². The van der Waals surface area contributed by atoms with E-state index in [0.29, 0.717) is 0 Å². The molecule has 0 fully saturated rings. The van der Waals surface area contributed by atoms with E-state index in [9.17, 15) is 0 Å². The number of hydrogen-bond donors (Lipinski definition) is 0. The van der Waals surface area contributed by atoms with Gasteiger partial charge in [-0.1, -0.05) is 39.3 Å². The summed E-state index contributed by atoms with van der Waals surface area (Å²) in [4.78, 5) is 0. The fourth-order valence-corrected chi connectivity index (χ4v) is 0. The van der Waals surface area contributed by atoms with Crippen LogP contribution in [0.15, 0.2) is 0 Å². The molecule has 9 heavy (non-hydrogen) atoms. The summed E-state index contributed by atoms with van der Waals surface area (Å²) in [5.74, 6) is 0. The molecule has 0 aromatic carbocycles. The van der Waals surface area contributed by atoms with Gasteiger partial charge in [-0.25, -0.2) is 0 Å². The molecule has 0 aliphatic heterocycles. The van der Waals surface area contributed by atoms with E-state index in [2.05, 4.69) is 39.3 Å². The Hall–Kier alpha value is 1.43. The van der Waals surface area contributed by atoms with Gasteiger partial charge in [0.2, 0.25) is 0 Å². The van der Waals surface area contributed by atoms with Crippen LogP contribution < -0.4 is 29.6 Å². The first-order valence-electron chi connectivity index (χ1n) is 3.25. The molecule has 50 valence electrons. The maximum Gasteiger partial charge on any atom is 1.00 e. The van der Waals surface area contributed by atoms with Gasteiger partial charge in [0.15, 0.2) is 0 Å². The van der Waals surface area contributed by atoms with Crippen LogP contribution in [-0.4, -0.2) is 15.2 Å². The molecule has 0 saturated heterocycles. The van der Waals surface area contributed by atoms with Crippen LogP contribution in [0, 0.1) is 0 Å². The fourth-order valence-electron chi connectivity index (χ4n) is 0. The van der Waals surface area contributed by atoms with Gasteiger partial charge in [0.25, 0.3) is 0 Å². The SMILES string of the molecule is C[Si](C)(C)[Si](C)(C)C.[Na+]. The molecular weight excluding hydrogens is 151 g/mol. The summed E-state index contributed by atoms with van der Waals surface area (Å²) in [5.41, 5.74) is 0. The molecular formula is C6H18NaSi2+. The third-order valence-electron chi connectivity index (χ3n) is 2.25. The van der Waals surface area contributed by atoms with Crippen molar-refractivity contribution < 1.29 is 29.6 Å². The predicted molar refractivity (Wildman–Crippen MR) is 46.7 cm³/mol. The molecule has 0 aromatic rings. The van der Waals surface area contributed by atoms with Crippen molar-refractivity contribution in [2.45, 2.75) is 39.3 Å². The summed E-state index contributed by atoms with van der Waals surface area (Å²) < 4.78 is 0. The van der Waals surface area contributed by atoms with Crippen molar-refractivity contribution in [1.82, 2.24) is 0 Å². The molecule has 3 heteroatoms. The molecule has 0 N–H and O–H groups in total. The zero-order chi connectivity index (χ0) is 7.00. The molecule has 0 aromatic heterocycles. The Morgan fingerprint density at radius 2 is 0.667 bits per heavy atom. The fraction of sp³-hybridized carbons (Fsp3) is 1.00. The van der Waals surface area contributed by atoms with Gasteiger partial charge >= 0.3 is 29.6 Å². The Labute approximate surface area is 83.5 Å². The van der Waals surface area contributed by atoms with E-state index < -0.39 is 15.2 Å². The van der Waals surface area contributed by atoms with Crippen LogP contribution in [0.4, 0.5) is 0 Å². The summed E-state index contributed by atoms with van der Waals surface area (Å²) in [5, 5.41) is 0. The normalized spacial score (nSPS) is 12.7. The van der Waals surface area contributed by atoms with Gasteiger partial charge in [-0.2, -0.15) is 0 Å². The first-order chi connectivity index (χ1) is 3.25. The van der Waals surface area contributed by atoms with Gasteiger partial charge < -0.3 is 0 Å². The Balaban J connectivity index is 0. The Kier molecular flexibility index (Phi) is 5.39. The average molecular weight is 169 g/mol. The first kappa shape index (κ1) is 13.1. The Morgan fingerprint density at radius 1 is 0.556 bits per heavy atom. The minimum absolute atomic E-state index is 0. The van der Waals surface area contributed by atoms with Crippen molar-refractivity contribution in [3.05, 3.63) is 0 Å². The number of rotatable bonds is 1. The Morgan fingerprint density at radius 3 is 0.667 bits per heavy atom. The van der Waals surface area contributed by atoms with Crippen molar-refractivity contribution in [2.75, 3.05) is 0 Å². The van der Waals surface area contributed by atoms with E-state index in [0.717, 1.165) is 0 Å². The third-order valence-corrected chi connectivity index (χ3v) is 20.2. The maximum absolute atomic E-state index is 2.47. The summed E-state index contributed by atoms with van der Waals surface area (Å²) in [6.07, 6.45) is 0. The zero-order valence-corrected chi connectivity index (χ0v) is 12.0. The monoisotopic (exact) mass is 169 g/mol. The molecule has 0 unspecified atom stereocenters. The molecule has 0 nitrogen and oxygen atoms in total. The van der Waals surface area contributed by atoms with Crippen LogP contribution in [-0.2, 0) is 0 Å². The van der Waals surface area contributed by atoms with Crippen molar-refractivity contribution in [2.24, 2.45) is 0 Å². The summed E-state index contributed by atoms with van der Waals surface area (Å²) >= 11 is 0. The standard InChI is InChI=1S/C6H18Si2.Na/c1-7(2,3)8(4,5)6;/h1-6H3;/q;+1. The molecule has 0 radical (unpaired) electrons. The Bertz CT molecular complexity index is 66.0. The molecule has 0 aliphatic rings.